The molecule has 0 unspecified atom stereocenters. The van der Waals surface area contributed by atoms with Gasteiger partial charge in [-0.15, -0.1) is 0 Å². The van der Waals surface area contributed by atoms with Gasteiger partial charge in [-0.05, 0) is 37.0 Å². The zero-order valence-electron chi connectivity index (χ0n) is 15.7. The van der Waals surface area contributed by atoms with Gasteiger partial charge in [-0.25, -0.2) is 0 Å². The van der Waals surface area contributed by atoms with Crippen LogP contribution >= 0.6 is 0 Å². The number of nitrogens with one attached hydrogen (secondary N) is 1. The third-order valence-corrected chi connectivity index (χ3v) is 5.65. The number of aliphatic hydroxyl groups excluding tert-OH is 2. The Kier molecular flexibility index (Phi) is 5.17. The fourth-order valence-electron chi connectivity index (χ4n) is 4.12. The lowest BCUT2D eigenvalue weighted by molar-refractivity contribution is -0.131. The fourth-order valence-corrected chi connectivity index (χ4v) is 4.12. The van der Waals surface area contributed by atoms with Crippen LogP contribution in [-0.4, -0.2) is 51.0 Å². The molecule has 1 aliphatic carbocycles. The summed E-state index contributed by atoms with van der Waals surface area (Å²) in [5, 5.41) is 23.5. The molecule has 7 heteroatoms. The minimum absolute atomic E-state index is 0.236. The van der Waals surface area contributed by atoms with E-state index in [-0.39, 0.29) is 12.5 Å². The van der Waals surface area contributed by atoms with Crippen LogP contribution in [-0.2, 0) is 4.79 Å². The SMILES string of the molecule is O=C(N[C@H]1CC[C@@H](O)[C@H](N2C(=O)c3ccccc3C2=O)C1)[C@H](O)c1ccccc1. The second-order valence-corrected chi connectivity index (χ2v) is 7.49. The van der Waals surface area contributed by atoms with Crippen molar-refractivity contribution in [3.05, 3.63) is 71.3 Å². The number of hydrogen-bond donors (Lipinski definition) is 3. The molecule has 3 amide bonds. The molecule has 0 saturated heterocycles. The number of imide groups is 1. The molecule has 1 fully saturated rings. The third-order valence-electron chi connectivity index (χ3n) is 5.65. The van der Waals surface area contributed by atoms with E-state index in [0.29, 0.717) is 29.5 Å². The molecule has 0 spiro atoms. The lowest BCUT2D eigenvalue weighted by Gasteiger charge is -2.38. The minimum atomic E-state index is -1.30. The number of hydrogen-bond acceptors (Lipinski definition) is 5. The number of carbonyl (C=O) groups is 3. The topological polar surface area (TPSA) is 107 Å². The van der Waals surface area contributed by atoms with Crippen molar-refractivity contribution in [2.45, 2.75) is 43.6 Å². The first-order valence-electron chi connectivity index (χ1n) is 9.65. The van der Waals surface area contributed by atoms with Crippen molar-refractivity contribution in [3.8, 4) is 0 Å². The van der Waals surface area contributed by atoms with E-state index >= 15 is 0 Å². The Balaban J connectivity index is 1.47. The summed E-state index contributed by atoms with van der Waals surface area (Å²) in [5.41, 5.74) is 1.14. The van der Waals surface area contributed by atoms with Gasteiger partial charge >= 0.3 is 0 Å². The van der Waals surface area contributed by atoms with Gasteiger partial charge in [-0.1, -0.05) is 42.5 Å². The number of rotatable bonds is 4. The van der Waals surface area contributed by atoms with Crippen LogP contribution < -0.4 is 5.32 Å². The van der Waals surface area contributed by atoms with Gasteiger partial charge in [-0.3, -0.25) is 19.3 Å². The largest absolute Gasteiger partial charge is 0.391 e. The molecule has 2 aliphatic rings. The summed E-state index contributed by atoms with van der Waals surface area (Å²) < 4.78 is 0. The van der Waals surface area contributed by atoms with Crippen molar-refractivity contribution >= 4 is 17.7 Å². The Labute approximate surface area is 168 Å². The number of nitrogens with zero attached hydrogens (tertiary/aromatic N) is 1. The highest BCUT2D eigenvalue weighted by atomic mass is 16.3. The van der Waals surface area contributed by atoms with Crippen LogP contribution in [0.25, 0.3) is 0 Å². The molecule has 4 atom stereocenters. The zero-order chi connectivity index (χ0) is 20.5. The Morgan fingerprint density at radius 1 is 0.966 bits per heavy atom. The van der Waals surface area contributed by atoms with Crippen LogP contribution in [0.3, 0.4) is 0 Å². The quantitative estimate of drug-likeness (QED) is 0.680. The third kappa shape index (κ3) is 3.54. The van der Waals surface area contributed by atoms with Crippen LogP contribution in [0.5, 0.6) is 0 Å². The second-order valence-electron chi connectivity index (χ2n) is 7.49. The highest BCUT2D eigenvalue weighted by Gasteiger charge is 2.45. The van der Waals surface area contributed by atoms with Gasteiger partial charge in [-0.2, -0.15) is 0 Å². The number of carbonyl (C=O) groups excluding carboxylic acids is 3. The van der Waals surface area contributed by atoms with Crippen molar-refractivity contribution in [2.75, 3.05) is 0 Å². The van der Waals surface area contributed by atoms with E-state index in [1.165, 1.54) is 0 Å². The van der Waals surface area contributed by atoms with Crippen molar-refractivity contribution in [3.63, 3.8) is 0 Å². The van der Waals surface area contributed by atoms with E-state index in [1.807, 2.05) is 0 Å². The van der Waals surface area contributed by atoms with Crippen LogP contribution in [0.1, 0.15) is 51.6 Å². The van der Waals surface area contributed by atoms with E-state index in [0.717, 1.165) is 4.90 Å². The molecule has 7 nitrogen and oxygen atoms in total. The highest BCUT2D eigenvalue weighted by molar-refractivity contribution is 6.21. The lowest BCUT2D eigenvalue weighted by atomic mass is 9.87. The van der Waals surface area contributed by atoms with Crippen molar-refractivity contribution in [1.29, 1.82) is 0 Å². The van der Waals surface area contributed by atoms with E-state index in [4.69, 9.17) is 0 Å². The number of fused-ring (bicyclic) bond motifs is 1. The lowest BCUT2D eigenvalue weighted by Crippen LogP contribution is -2.54. The Morgan fingerprint density at radius 2 is 1.55 bits per heavy atom. The molecule has 1 saturated carbocycles. The van der Waals surface area contributed by atoms with E-state index in [9.17, 15) is 24.6 Å². The average molecular weight is 394 g/mol. The summed E-state index contributed by atoms with van der Waals surface area (Å²) in [7, 11) is 0. The first-order valence-corrected chi connectivity index (χ1v) is 9.65. The van der Waals surface area contributed by atoms with Crippen molar-refractivity contribution < 1.29 is 24.6 Å². The van der Waals surface area contributed by atoms with Gasteiger partial charge in [0.15, 0.2) is 6.10 Å². The summed E-state index contributed by atoms with van der Waals surface area (Å²) in [5.74, 6) is -1.39. The van der Waals surface area contributed by atoms with Crippen LogP contribution in [0.15, 0.2) is 54.6 Å². The molecule has 1 heterocycles. The molecule has 3 N–H and O–H groups in total. The summed E-state index contributed by atoms with van der Waals surface area (Å²) in [4.78, 5) is 39.1. The smallest absolute Gasteiger partial charge is 0.261 e. The number of benzene rings is 2. The van der Waals surface area contributed by atoms with Gasteiger partial charge < -0.3 is 15.5 Å². The predicted octanol–water partition coefficient (Wildman–Crippen LogP) is 1.41. The van der Waals surface area contributed by atoms with Gasteiger partial charge in [0.2, 0.25) is 0 Å². The molecule has 2 aromatic rings. The van der Waals surface area contributed by atoms with Gasteiger partial charge in [0.05, 0.1) is 23.3 Å². The number of aliphatic hydroxyl groups is 2. The standard InChI is InChI=1S/C22H22N2O5/c25-18-11-10-14(23-20(27)19(26)13-6-2-1-3-7-13)12-17(18)24-21(28)15-8-4-5-9-16(15)22(24)29/h1-9,14,17-19,25-26H,10-12H2,(H,23,27)/t14-,17+,18+,19+/m0/s1. The maximum atomic E-state index is 12.7. The normalized spacial score (nSPS) is 24.9. The molecular weight excluding hydrogens is 372 g/mol. The Bertz CT molecular complexity index is 910. The van der Waals surface area contributed by atoms with Crippen molar-refractivity contribution in [1.82, 2.24) is 10.2 Å². The zero-order valence-corrected chi connectivity index (χ0v) is 15.7. The van der Waals surface area contributed by atoms with Gasteiger partial charge in [0.1, 0.15) is 0 Å². The molecule has 1 aliphatic heterocycles. The molecular formula is C22H22N2O5. The molecule has 4 rings (SSSR count). The molecule has 0 radical (unpaired) electrons. The average Bonchev–Trinajstić information content (AvgIpc) is 3.00. The van der Waals surface area contributed by atoms with E-state index in [2.05, 4.69) is 5.32 Å². The molecule has 150 valence electrons. The monoisotopic (exact) mass is 394 g/mol. The second kappa shape index (κ2) is 7.77. The van der Waals surface area contributed by atoms with Gasteiger partial charge in [0.25, 0.3) is 17.7 Å². The van der Waals surface area contributed by atoms with E-state index < -0.39 is 36.0 Å². The van der Waals surface area contributed by atoms with Gasteiger partial charge in [0, 0.05) is 6.04 Å². The maximum absolute atomic E-state index is 12.7. The summed E-state index contributed by atoms with van der Waals surface area (Å²) in [6.07, 6.45) is -1.09. The van der Waals surface area contributed by atoms with Crippen LogP contribution in [0.2, 0.25) is 0 Å². The summed E-state index contributed by atoms with van der Waals surface area (Å²) in [6, 6.07) is 14.1. The molecule has 2 aromatic carbocycles. The Hall–Kier alpha value is -3.03. The first kappa shape index (κ1) is 19.3. The van der Waals surface area contributed by atoms with Crippen molar-refractivity contribution in [2.24, 2.45) is 0 Å². The predicted molar refractivity (Wildman–Crippen MR) is 104 cm³/mol. The summed E-state index contributed by atoms with van der Waals surface area (Å²) >= 11 is 0. The van der Waals surface area contributed by atoms with Crippen LogP contribution in [0.4, 0.5) is 0 Å². The van der Waals surface area contributed by atoms with E-state index in [1.54, 1.807) is 54.6 Å². The molecule has 0 aromatic heterocycles. The number of amides is 3. The molecule has 0 bridgehead atoms. The highest BCUT2D eigenvalue weighted by Crippen LogP contribution is 2.31. The first-order chi connectivity index (χ1) is 14.0. The molecule has 29 heavy (non-hydrogen) atoms. The fraction of sp³-hybridized carbons (Fsp3) is 0.318. The maximum Gasteiger partial charge on any atom is 0.261 e. The van der Waals surface area contributed by atoms with Crippen LogP contribution in [0, 0.1) is 0 Å². The summed E-state index contributed by atoms with van der Waals surface area (Å²) in [6.45, 7) is 0. The Morgan fingerprint density at radius 3 is 2.17 bits per heavy atom. The minimum Gasteiger partial charge on any atom is -0.391 e.